The predicted octanol–water partition coefficient (Wildman–Crippen LogP) is 3.74. The Balaban J connectivity index is 1.38. The maximum atomic E-state index is 12.6. The van der Waals surface area contributed by atoms with Gasteiger partial charge in [0.25, 0.3) is 5.91 Å². The maximum Gasteiger partial charge on any atom is 0.251 e. The number of amides is 1. The number of carbonyl (C=O) groups excluding carboxylic acids is 1. The molecule has 0 saturated carbocycles. The van der Waals surface area contributed by atoms with Crippen LogP contribution in [-0.2, 0) is 0 Å². The Morgan fingerprint density at radius 1 is 1.19 bits per heavy atom. The minimum Gasteiger partial charge on any atom is -0.454 e. The van der Waals surface area contributed by atoms with Crippen molar-refractivity contribution in [2.24, 2.45) is 5.92 Å². The molecule has 0 radical (unpaired) electrons. The van der Waals surface area contributed by atoms with Gasteiger partial charge in [-0.1, -0.05) is 11.6 Å². The van der Waals surface area contributed by atoms with Crippen molar-refractivity contribution in [2.75, 3.05) is 19.6 Å². The van der Waals surface area contributed by atoms with Gasteiger partial charge in [0.2, 0.25) is 0 Å². The molecule has 0 spiro atoms. The zero-order chi connectivity index (χ0) is 17.9. The average Bonchev–Trinajstić information content (AvgIpc) is 2.96. The summed E-state index contributed by atoms with van der Waals surface area (Å²) in [7, 11) is 0. The molecule has 1 unspecified atom stereocenters. The number of carbonyl (C=O) groups is 1. The van der Waals surface area contributed by atoms with Crippen LogP contribution in [0.25, 0.3) is 0 Å². The molecule has 5 nitrogen and oxygen atoms in total. The summed E-state index contributed by atoms with van der Waals surface area (Å²) in [6.07, 6.45) is 5.21. The van der Waals surface area contributed by atoms with Crippen LogP contribution >= 0.6 is 11.6 Å². The number of benzene rings is 1. The third-order valence-corrected chi connectivity index (χ3v) is 5.49. The molecule has 4 heterocycles. The van der Waals surface area contributed by atoms with E-state index in [-0.39, 0.29) is 11.9 Å². The first-order chi connectivity index (χ1) is 12.7. The fourth-order valence-corrected chi connectivity index (χ4v) is 3.97. The molecular formula is C20H22ClN3O2. The summed E-state index contributed by atoms with van der Waals surface area (Å²) >= 11 is 6.00. The van der Waals surface area contributed by atoms with Crippen molar-refractivity contribution in [1.29, 1.82) is 0 Å². The highest BCUT2D eigenvalue weighted by molar-refractivity contribution is 6.30. The van der Waals surface area contributed by atoms with Gasteiger partial charge in [-0.3, -0.25) is 4.79 Å². The summed E-state index contributed by atoms with van der Waals surface area (Å²) in [6.45, 7) is 3.29. The number of nitrogens with one attached hydrogen (secondary N) is 1. The normalized spacial score (nSPS) is 24.7. The van der Waals surface area contributed by atoms with Crippen LogP contribution in [0.5, 0.6) is 11.5 Å². The summed E-state index contributed by atoms with van der Waals surface area (Å²) in [4.78, 5) is 19.0. The number of aromatic nitrogens is 1. The minimum absolute atomic E-state index is 0.0246. The summed E-state index contributed by atoms with van der Waals surface area (Å²) in [5.41, 5.74) is 0.640. The van der Waals surface area contributed by atoms with E-state index in [1.807, 2.05) is 0 Å². The van der Waals surface area contributed by atoms with Gasteiger partial charge in [0.1, 0.15) is 5.75 Å². The molecule has 2 bridgehead atoms. The molecule has 1 atom stereocenters. The van der Waals surface area contributed by atoms with E-state index >= 15 is 0 Å². The molecule has 1 amide bonds. The van der Waals surface area contributed by atoms with Crippen molar-refractivity contribution >= 4 is 17.5 Å². The Labute approximate surface area is 158 Å². The third kappa shape index (κ3) is 4.00. The average molecular weight is 372 g/mol. The molecule has 3 aliphatic heterocycles. The Kier molecular flexibility index (Phi) is 5.09. The van der Waals surface area contributed by atoms with E-state index in [0.717, 1.165) is 18.9 Å². The van der Waals surface area contributed by atoms with E-state index in [1.54, 1.807) is 42.6 Å². The van der Waals surface area contributed by atoms with E-state index < -0.39 is 0 Å². The third-order valence-electron chi connectivity index (χ3n) is 5.21. The van der Waals surface area contributed by atoms with Gasteiger partial charge in [0.15, 0.2) is 10.9 Å². The van der Waals surface area contributed by atoms with E-state index in [2.05, 4.69) is 15.2 Å². The van der Waals surface area contributed by atoms with Gasteiger partial charge < -0.3 is 15.0 Å². The Bertz CT molecular complexity index is 759. The van der Waals surface area contributed by atoms with Crippen molar-refractivity contribution in [3.05, 3.63) is 53.3 Å². The minimum atomic E-state index is -0.0246. The SMILES string of the molecule is O=C(NC1CC2CCN(CC2)C1)c1ccc(Oc2cccnc2Cl)cc1. The van der Waals surface area contributed by atoms with E-state index in [9.17, 15) is 4.79 Å². The molecule has 2 aromatic rings. The second-order valence-electron chi connectivity index (χ2n) is 7.07. The maximum absolute atomic E-state index is 12.6. The van der Waals surface area contributed by atoms with Crippen LogP contribution in [0.3, 0.4) is 0 Å². The number of ether oxygens (including phenoxy) is 1. The number of rotatable bonds is 4. The molecule has 26 heavy (non-hydrogen) atoms. The monoisotopic (exact) mass is 371 g/mol. The fourth-order valence-electron chi connectivity index (χ4n) is 3.82. The van der Waals surface area contributed by atoms with Crippen LogP contribution in [0, 0.1) is 5.92 Å². The van der Waals surface area contributed by atoms with Gasteiger partial charge in [-0.2, -0.15) is 0 Å². The largest absolute Gasteiger partial charge is 0.454 e. The fraction of sp³-hybridized carbons (Fsp3) is 0.400. The second-order valence-corrected chi connectivity index (χ2v) is 7.43. The lowest BCUT2D eigenvalue weighted by atomic mass is 9.94. The summed E-state index contributed by atoms with van der Waals surface area (Å²) in [5.74, 6) is 1.84. The van der Waals surface area contributed by atoms with E-state index in [4.69, 9.17) is 16.3 Å². The van der Waals surface area contributed by atoms with Gasteiger partial charge in [-0.05, 0) is 74.7 Å². The molecular weight excluding hydrogens is 350 g/mol. The molecule has 6 heteroatoms. The lowest BCUT2D eigenvalue weighted by Gasteiger charge is -2.26. The molecule has 5 rings (SSSR count). The number of nitrogens with zero attached hydrogens (tertiary/aromatic N) is 2. The number of piperidine rings is 1. The van der Waals surface area contributed by atoms with Crippen molar-refractivity contribution in [3.8, 4) is 11.5 Å². The molecule has 1 aromatic heterocycles. The van der Waals surface area contributed by atoms with E-state index in [0.29, 0.717) is 22.2 Å². The number of pyridine rings is 1. The highest BCUT2D eigenvalue weighted by atomic mass is 35.5. The molecule has 0 aliphatic carbocycles. The first-order valence-electron chi connectivity index (χ1n) is 9.09. The number of fused-ring (bicyclic) bond motifs is 4. The van der Waals surface area contributed by atoms with Crippen molar-refractivity contribution in [3.63, 3.8) is 0 Å². The first-order valence-corrected chi connectivity index (χ1v) is 9.47. The Morgan fingerprint density at radius 3 is 2.69 bits per heavy atom. The van der Waals surface area contributed by atoms with Crippen LogP contribution in [-0.4, -0.2) is 41.5 Å². The van der Waals surface area contributed by atoms with Gasteiger partial charge >= 0.3 is 0 Å². The molecule has 136 valence electrons. The molecule has 1 N–H and O–H groups in total. The predicted molar refractivity (Wildman–Crippen MR) is 101 cm³/mol. The highest BCUT2D eigenvalue weighted by Gasteiger charge is 2.29. The van der Waals surface area contributed by atoms with Gasteiger partial charge in [-0.25, -0.2) is 4.98 Å². The number of hydrogen-bond acceptors (Lipinski definition) is 4. The number of hydrogen-bond donors (Lipinski definition) is 1. The lowest BCUT2D eigenvalue weighted by molar-refractivity contribution is 0.0929. The second kappa shape index (κ2) is 7.64. The van der Waals surface area contributed by atoms with Crippen molar-refractivity contribution in [2.45, 2.75) is 25.3 Å². The standard InChI is InChI=1S/C20H22ClN3O2/c21-19-18(2-1-9-22-19)26-17-5-3-15(4-6-17)20(25)23-16-12-14-7-10-24(13-16)11-8-14/h1-6,9,14,16H,7-8,10-13H2,(H,23,25). The zero-order valence-electron chi connectivity index (χ0n) is 14.5. The topological polar surface area (TPSA) is 54.5 Å². The lowest BCUT2D eigenvalue weighted by Crippen LogP contribution is -2.41. The zero-order valence-corrected chi connectivity index (χ0v) is 15.3. The van der Waals surface area contributed by atoms with Crippen LogP contribution in [0.1, 0.15) is 29.6 Å². The Hall–Kier alpha value is -2.11. The van der Waals surface area contributed by atoms with Crippen LogP contribution < -0.4 is 10.1 Å². The van der Waals surface area contributed by atoms with Gasteiger partial charge in [0, 0.05) is 24.3 Å². The van der Waals surface area contributed by atoms with Crippen molar-refractivity contribution < 1.29 is 9.53 Å². The first kappa shape index (κ1) is 17.3. The molecule has 3 aliphatic rings. The smallest absolute Gasteiger partial charge is 0.251 e. The Morgan fingerprint density at radius 2 is 1.96 bits per heavy atom. The van der Waals surface area contributed by atoms with Gasteiger partial charge in [0.05, 0.1) is 0 Å². The summed E-state index contributed by atoms with van der Waals surface area (Å²) in [5, 5.41) is 3.51. The van der Waals surface area contributed by atoms with Crippen LogP contribution in [0.15, 0.2) is 42.6 Å². The molecule has 3 saturated heterocycles. The molecule has 3 fully saturated rings. The van der Waals surface area contributed by atoms with Crippen molar-refractivity contribution in [1.82, 2.24) is 15.2 Å². The number of halogens is 1. The molecule has 1 aromatic carbocycles. The quantitative estimate of drug-likeness (QED) is 0.832. The van der Waals surface area contributed by atoms with Crippen LogP contribution in [0.4, 0.5) is 0 Å². The van der Waals surface area contributed by atoms with E-state index in [1.165, 1.54) is 25.9 Å². The van der Waals surface area contributed by atoms with Gasteiger partial charge in [-0.15, -0.1) is 0 Å². The van der Waals surface area contributed by atoms with Crippen LogP contribution in [0.2, 0.25) is 5.15 Å². The summed E-state index contributed by atoms with van der Waals surface area (Å²) < 4.78 is 5.71. The highest BCUT2D eigenvalue weighted by Crippen LogP contribution is 2.28. The summed E-state index contributed by atoms with van der Waals surface area (Å²) in [6, 6.07) is 10.9.